The van der Waals surface area contributed by atoms with Gasteiger partial charge in [-0.1, -0.05) is 11.6 Å². The molecule has 72 valence electrons. The second-order valence-corrected chi connectivity index (χ2v) is 3.31. The van der Waals surface area contributed by atoms with Crippen molar-refractivity contribution in [3.63, 3.8) is 0 Å². The zero-order valence-corrected chi connectivity index (χ0v) is 7.74. The number of amides is 2. The van der Waals surface area contributed by atoms with Crippen LogP contribution >= 0.6 is 0 Å². The highest BCUT2D eigenvalue weighted by molar-refractivity contribution is 5.68. The highest BCUT2D eigenvalue weighted by Crippen LogP contribution is 2.19. The first-order valence-electron chi connectivity index (χ1n) is 4.71. The van der Waals surface area contributed by atoms with E-state index in [1.165, 1.54) is 18.4 Å². The van der Waals surface area contributed by atoms with Gasteiger partial charge in [0.05, 0.1) is 0 Å². The van der Waals surface area contributed by atoms with Gasteiger partial charge >= 0.3 is 0 Å². The van der Waals surface area contributed by atoms with Gasteiger partial charge in [-0.05, 0) is 32.1 Å². The number of hydrogen-bond acceptors (Lipinski definition) is 2. The van der Waals surface area contributed by atoms with Gasteiger partial charge in [0.2, 0.25) is 12.8 Å². The summed E-state index contributed by atoms with van der Waals surface area (Å²) < 4.78 is 0. The minimum absolute atomic E-state index is 0.527. The van der Waals surface area contributed by atoms with E-state index in [0.717, 1.165) is 24.2 Å². The van der Waals surface area contributed by atoms with Gasteiger partial charge in [-0.15, -0.1) is 0 Å². The molecular weight excluding hydrogens is 166 g/mol. The Morgan fingerprint density at radius 3 is 2.62 bits per heavy atom. The maximum Gasteiger partial charge on any atom is 0.216 e. The Morgan fingerprint density at radius 1 is 1.31 bits per heavy atom. The molecule has 1 aliphatic rings. The van der Waals surface area contributed by atoms with Crippen molar-refractivity contribution in [2.75, 3.05) is 6.54 Å². The zero-order valence-electron chi connectivity index (χ0n) is 7.74. The molecule has 0 aliphatic heterocycles. The van der Waals surface area contributed by atoms with E-state index < -0.39 is 0 Å². The van der Waals surface area contributed by atoms with Crippen molar-refractivity contribution in [1.29, 1.82) is 0 Å². The first-order chi connectivity index (χ1) is 6.36. The average molecular weight is 181 g/mol. The van der Waals surface area contributed by atoms with Crippen LogP contribution in [-0.4, -0.2) is 24.3 Å². The Balaban J connectivity index is 2.27. The van der Waals surface area contributed by atoms with E-state index in [0.29, 0.717) is 19.4 Å². The lowest BCUT2D eigenvalue weighted by molar-refractivity contribution is -0.129. The number of allylic oxidation sites excluding steroid dienone is 1. The second-order valence-electron chi connectivity index (χ2n) is 3.31. The molecule has 0 aromatic heterocycles. The topological polar surface area (TPSA) is 37.4 Å². The molecular formula is C10H15NO2. The summed E-state index contributed by atoms with van der Waals surface area (Å²) in [6.07, 6.45) is 9.03. The summed E-state index contributed by atoms with van der Waals surface area (Å²) in [6, 6.07) is 0. The maximum absolute atomic E-state index is 10.3. The Labute approximate surface area is 78.4 Å². The molecule has 3 nitrogen and oxygen atoms in total. The van der Waals surface area contributed by atoms with Crippen molar-refractivity contribution >= 4 is 12.8 Å². The molecule has 0 aromatic rings. The largest absolute Gasteiger partial charge is 0.288 e. The zero-order chi connectivity index (χ0) is 9.52. The highest BCUT2D eigenvalue weighted by Gasteiger charge is 2.05. The summed E-state index contributed by atoms with van der Waals surface area (Å²) in [5.74, 6) is 0. The van der Waals surface area contributed by atoms with Crippen molar-refractivity contribution in [2.24, 2.45) is 0 Å². The summed E-state index contributed by atoms with van der Waals surface area (Å²) in [6.45, 7) is 0.527. The highest BCUT2D eigenvalue weighted by atomic mass is 16.2. The van der Waals surface area contributed by atoms with Gasteiger partial charge in [0, 0.05) is 6.54 Å². The molecule has 1 rings (SSSR count). The van der Waals surface area contributed by atoms with Crippen molar-refractivity contribution in [3.05, 3.63) is 11.6 Å². The molecule has 0 fully saturated rings. The van der Waals surface area contributed by atoms with Crippen LogP contribution < -0.4 is 0 Å². The van der Waals surface area contributed by atoms with E-state index in [1.54, 1.807) is 0 Å². The number of carbonyl (C=O) groups excluding carboxylic acids is 2. The van der Waals surface area contributed by atoms with Crippen LogP contribution in [0.1, 0.15) is 32.1 Å². The van der Waals surface area contributed by atoms with Gasteiger partial charge in [-0.2, -0.15) is 0 Å². The van der Waals surface area contributed by atoms with Crippen molar-refractivity contribution in [1.82, 2.24) is 4.90 Å². The molecule has 0 saturated heterocycles. The van der Waals surface area contributed by atoms with Gasteiger partial charge in [0.25, 0.3) is 0 Å². The SMILES string of the molecule is O=CN(C=O)CCC1=CCCCC1. The molecule has 13 heavy (non-hydrogen) atoms. The van der Waals surface area contributed by atoms with Crippen molar-refractivity contribution < 1.29 is 9.59 Å². The summed E-state index contributed by atoms with van der Waals surface area (Å²) in [5, 5.41) is 0. The fourth-order valence-corrected chi connectivity index (χ4v) is 1.53. The molecule has 0 radical (unpaired) electrons. The maximum atomic E-state index is 10.3. The Kier molecular flexibility index (Phi) is 4.23. The van der Waals surface area contributed by atoms with Gasteiger partial charge in [-0.25, -0.2) is 0 Å². The number of hydrogen-bond donors (Lipinski definition) is 0. The summed E-state index contributed by atoms with van der Waals surface area (Å²) in [5.41, 5.74) is 1.39. The number of nitrogens with zero attached hydrogens (tertiary/aromatic N) is 1. The predicted molar refractivity (Wildman–Crippen MR) is 50.0 cm³/mol. The van der Waals surface area contributed by atoms with Crippen LogP contribution in [0.4, 0.5) is 0 Å². The monoisotopic (exact) mass is 181 g/mol. The standard InChI is InChI=1S/C10H15NO2/c12-8-11(9-13)7-6-10-4-2-1-3-5-10/h4,8-9H,1-3,5-7H2. The van der Waals surface area contributed by atoms with Gasteiger partial charge in [-0.3, -0.25) is 14.5 Å². The first-order valence-corrected chi connectivity index (χ1v) is 4.71. The van der Waals surface area contributed by atoms with Crippen LogP contribution in [0.15, 0.2) is 11.6 Å². The Hall–Kier alpha value is -1.12. The predicted octanol–water partition coefficient (Wildman–Crippen LogP) is 1.49. The van der Waals surface area contributed by atoms with Crippen LogP contribution in [0.3, 0.4) is 0 Å². The number of carbonyl (C=O) groups is 2. The molecule has 2 amide bonds. The molecule has 1 aliphatic carbocycles. The smallest absolute Gasteiger partial charge is 0.216 e. The van der Waals surface area contributed by atoms with Crippen LogP contribution in [-0.2, 0) is 9.59 Å². The van der Waals surface area contributed by atoms with Crippen LogP contribution in [0, 0.1) is 0 Å². The third-order valence-corrected chi connectivity index (χ3v) is 2.35. The Bertz CT molecular complexity index is 203. The molecule has 0 bridgehead atoms. The van der Waals surface area contributed by atoms with E-state index in [1.807, 2.05) is 0 Å². The summed E-state index contributed by atoms with van der Waals surface area (Å²) >= 11 is 0. The van der Waals surface area contributed by atoms with E-state index in [9.17, 15) is 9.59 Å². The molecule has 0 heterocycles. The average Bonchev–Trinajstić information content (AvgIpc) is 2.21. The molecule has 0 saturated carbocycles. The fraction of sp³-hybridized carbons (Fsp3) is 0.600. The van der Waals surface area contributed by atoms with Gasteiger partial charge in [0.1, 0.15) is 0 Å². The van der Waals surface area contributed by atoms with E-state index >= 15 is 0 Å². The first kappa shape index (κ1) is 9.96. The minimum Gasteiger partial charge on any atom is -0.288 e. The number of rotatable bonds is 5. The quantitative estimate of drug-likeness (QED) is 0.476. The summed E-state index contributed by atoms with van der Waals surface area (Å²) in [7, 11) is 0. The fourth-order valence-electron chi connectivity index (χ4n) is 1.53. The van der Waals surface area contributed by atoms with Crippen molar-refractivity contribution in [3.8, 4) is 0 Å². The van der Waals surface area contributed by atoms with E-state index in [-0.39, 0.29) is 0 Å². The van der Waals surface area contributed by atoms with E-state index in [4.69, 9.17) is 0 Å². The molecule has 0 N–H and O–H groups in total. The van der Waals surface area contributed by atoms with Crippen LogP contribution in [0.25, 0.3) is 0 Å². The minimum atomic E-state index is 0.527. The molecule has 0 spiro atoms. The molecule has 3 heteroatoms. The third kappa shape index (κ3) is 3.40. The Morgan fingerprint density at radius 2 is 2.08 bits per heavy atom. The van der Waals surface area contributed by atoms with Crippen molar-refractivity contribution in [2.45, 2.75) is 32.1 Å². The van der Waals surface area contributed by atoms with Crippen LogP contribution in [0.2, 0.25) is 0 Å². The van der Waals surface area contributed by atoms with Gasteiger partial charge < -0.3 is 0 Å². The third-order valence-electron chi connectivity index (χ3n) is 2.35. The van der Waals surface area contributed by atoms with Gasteiger partial charge in [0.15, 0.2) is 0 Å². The summed E-state index contributed by atoms with van der Waals surface area (Å²) in [4.78, 5) is 21.7. The molecule has 0 atom stereocenters. The molecule has 0 unspecified atom stereocenters. The lowest BCUT2D eigenvalue weighted by Gasteiger charge is -2.14. The molecule has 0 aromatic carbocycles. The lowest BCUT2D eigenvalue weighted by Crippen LogP contribution is -2.21. The normalized spacial score (nSPS) is 16.2. The van der Waals surface area contributed by atoms with E-state index in [2.05, 4.69) is 6.08 Å². The lowest BCUT2D eigenvalue weighted by atomic mass is 9.97. The number of imide groups is 1. The van der Waals surface area contributed by atoms with Crippen LogP contribution in [0.5, 0.6) is 0 Å². The second kappa shape index (κ2) is 5.51.